The molecule has 0 bridgehead atoms. The first-order valence-corrected chi connectivity index (χ1v) is 9.85. The Labute approximate surface area is 131 Å². The van der Waals surface area contributed by atoms with Gasteiger partial charge >= 0.3 is 0 Å². The maximum absolute atomic E-state index is 12.9. The number of H-pyrrole nitrogens is 1. The van der Waals surface area contributed by atoms with Gasteiger partial charge in [-0.25, -0.2) is 8.42 Å². The van der Waals surface area contributed by atoms with Gasteiger partial charge in [0.25, 0.3) is 0 Å². The fraction of sp³-hybridized carbons (Fsp3) is 0.769. The minimum absolute atomic E-state index is 0.352. The van der Waals surface area contributed by atoms with E-state index in [-0.39, 0.29) is 0 Å². The highest BCUT2D eigenvalue weighted by Crippen LogP contribution is 2.28. The molecule has 1 saturated heterocycles. The molecule has 1 atom stereocenters. The highest BCUT2D eigenvalue weighted by molar-refractivity contribution is 8.00. The Morgan fingerprint density at radius 3 is 2.90 bits per heavy atom. The maximum Gasteiger partial charge on any atom is 0.246 e. The number of aryl methyl sites for hydroxylation is 1. The Bertz CT molecular complexity index is 571. The lowest BCUT2D eigenvalue weighted by Crippen LogP contribution is -2.42. The van der Waals surface area contributed by atoms with Crippen molar-refractivity contribution in [2.24, 2.45) is 0 Å². The SMILES string of the molecule is CCNCc1n[nH]c(C)c1S(=O)(=O)N1CCSC(CC)C1. The van der Waals surface area contributed by atoms with Crippen LogP contribution in [0.3, 0.4) is 0 Å². The first-order valence-electron chi connectivity index (χ1n) is 7.37. The van der Waals surface area contributed by atoms with Crippen LogP contribution in [0.2, 0.25) is 0 Å². The van der Waals surface area contributed by atoms with Crippen molar-refractivity contribution >= 4 is 21.8 Å². The third kappa shape index (κ3) is 3.61. The van der Waals surface area contributed by atoms with Gasteiger partial charge < -0.3 is 5.32 Å². The van der Waals surface area contributed by atoms with E-state index in [2.05, 4.69) is 22.4 Å². The molecule has 8 heteroatoms. The summed E-state index contributed by atoms with van der Waals surface area (Å²) in [4.78, 5) is 0.352. The molecule has 0 spiro atoms. The number of nitrogens with one attached hydrogen (secondary N) is 2. The Morgan fingerprint density at radius 1 is 1.48 bits per heavy atom. The van der Waals surface area contributed by atoms with Crippen molar-refractivity contribution in [2.75, 3.05) is 25.4 Å². The van der Waals surface area contributed by atoms with Crippen molar-refractivity contribution in [3.63, 3.8) is 0 Å². The van der Waals surface area contributed by atoms with Gasteiger partial charge in [-0.3, -0.25) is 5.10 Å². The number of aromatic amines is 1. The lowest BCUT2D eigenvalue weighted by molar-refractivity contribution is 0.415. The number of hydrogen-bond acceptors (Lipinski definition) is 5. The third-order valence-corrected chi connectivity index (χ3v) is 7.10. The highest BCUT2D eigenvalue weighted by atomic mass is 32.2. The van der Waals surface area contributed by atoms with E-state index in [0.717, 1.165) is 18.7 Å². The molecule has 0 saturated carbocycles. The zero-order chi connectivity index (χ0) is 15.5. The van der Waals surface area contributed by atoms with E-state index in [1.165, 1.54) is 0 Å². The predicted molar refractivity (Wildman–Crippen MR) is 86.0 cm³/mol. The van der Waals surface area contributed by atoms with Crippen LogP contribution in [0.15, 0.2) is 4.90 Å². The van der Waals surface area contributed by atoms with Gasteiger partial charge in [-0.1, -0.05) is 13.8 Å². The van der Waals surface area contributed by atoms with E-state index in [9.17, 15) is 8.42 Å². The second-order valence-corrected chi connectivity index (χ2v) is 8.45. The van der Waals surface area contributed by atoms with Gasteiger partial charge in [0.15, 0.2) is 0 Å². The standard InChI is InChI=1S/C13H24N4O2S2/c1-4-11-9-17(6-7-20-11)21(18,19)13-10(3)15-16-12(13)8-14-5-2/h11,14H,4-9H2,1-3H3,(H,15,16). The van der Waals surface area contributed by atoms with Crippen LogP contribution in [0.1, 0.15) is 31.7 Å². The minimum atomic E-state index is -3.47. The molecule has 0 radical (unpaired) electrons. The summed E-state index contributed by atoms with van der Waals surface area (Å²) in [6.45, 7) is 8.28. The summed E-state index contributed by atoms with van der Waals surface area (Å²) in [5.74, 6) is 0.858. The van der Waals surface area contributed by atoms with Gasteiger partial charge in [0.1, 0.15) is 4.90 Å². The van der Waals surface area contributed by atoms with Crippen LogP contribution in [0.5, 0.6) is 0 Å². The van der Waals surface area contributed by atoms with Crippen molar-refractivity contribution in [1.29, 1.82) is 0 Å². The summed E-state index contributed by atoms with van der Waals surface area (Å²) in [5.41, 5.74) is 1.20. The monoisotopic (exact) mass is 332 g/mol. The largest absolute Gasteiger partial charge is 0.311 e. The smallest absolute Gasteiger partial charge is 0.246 e. The summed E-state index contributed by atoms with van der Waals surface area (Å²) in [6, 6.07) is 0. The Morgan fingerprint density at radius 2 is 2.24 bits per heavy atom. The van der Waals surface area contributed by atoms with E-state index in [1.54, 1.807) is 11.2 Å². The molecular weight excluding hydrogens is 308 g/mol. The molecule has 2 N–H and O–H groups in total. The molecule has 21 heavy (non-hydrogen) atoms. The van der Waals surface area contributed by atoms with E-state index >= 15 is 0 Å². The Kier molecular flexibility index (Phi) is 5.70. The van der Waals surface area contributed by atoms with Gasteiger partial charge in [-0.2, -0.15) is 21.2 Å². The number of aromatic nitrogens is 2. The number of hydrogen-bond donors (Lipinski definition) is 2. The van der Waals surface area contributed by atoms with Crippen molar-refractivity contribution < 1.29 is 8.42 Å². The number of rotatable bonds is 6. The maximum atomic E-state index is 12.9. The second kappa shape index (κ2) is 7.13. The molecule has 0 aromatic carbocycles. The average Bonchev–Trinajstić information content (AvgIpc) is 2.86. The molecule has 1 fully saturated rings. The van der Waals surface area contributed by atoms with Crippen LogP contribution in [-0.2, 0) is 16.6 Å². The Hall–Kier alpha value is -0.570. The van der Waals surface area contributed by atoms with E-state index in [0.29, 0.717) is 41.2 Å². The molecule has 1 aliphatic rings. The van der Waals surface area contributed by atoms with Gasteiger partial charge in [0, 0.05) is 30.6 Å². The van der Waals surface area contributed by atoms with Gasteiger partial charge in [-0.05, 0) is 19.9 Å². The zero-order valence-corrected chi connectivity index (χ0v) is 14.5. The molecule has 0 aliphatic carbocycles. The topological polar surface area (TPSA) is 78.1 Å². The molecular formula is C13H24N4O2S2. The molecule has 1 aliphatic heterocycles. The quantitative estimate of drug-likeness (QED) is 0.822. The molecule has 1 aromatic heterocycles. The summed E-state index contributed by atoms with van der Waals surface area (Å²) >= 11 is 1.86. The number of thioether (sulfide) groups is 1. The second-order valence-electron chi connectivity index (χ2n) is 5.17. The van der Waals surface area contributed by atoms with Crippen LogP contribution in [0.25, 0.3) is 0 Å². The summed E-state index contributed by atoms with van der Waals surface area (Å²) < 4.78 is 27.5. The molecule has 2 rings (SSSR count). The van der Waals surface area contributed by atoms with Crippen LogP contribution in [-0.4, -0.2) is 53.6 Å². The zero-order valence-electron chi connectivity index (χ0n) is 12.8. The molecule has 1 aromatic rings. The van der Waals surface area contributed by atoms with Crippen molar-refractivity contribution in [3.8, 4) is 0 Å². The molecule has 120 valence electrons. The highest BCUT2D eigenvalue weighted by Gasteiger charge is 2.33. The lowest BCUT2D eigenvalue weighted by atomic mass is 10.3. The van der Waals surface area contributed by atoms with Crippen molar-refractivity contribution in [3.05, 3.63) is 11.4 Å². The fourth-order valence-corrected chi connectivity index (χ4v) is 5.67. The molecule has 1 unspecified atom stereocenters. The average molecular weight is 332 g/mol. The van der Waals surface area contributed by atoms with Gasteiger partial charge in [0.2, 0.25) is 10.0 Å². The Balaban J connectivity index is 2.28. The first-order chi connectivity index (χ1) is 10.0. The normalized spacial score (nSPS) is 20.8. The van der Waals surface area contributed by atoms with Crippen LogP contribution in [0, 0.1) is 6.92 Å². The van der Waals surface area contributed by atoms with Crippen molar-refractivity contribution in [1.82, 2.24) is 19.8 Å². The van der Waals surface area contributed by atoms with Crippen LogP contribution >= 0.6 is 11.8 Å². The first kappa shape index (κ1) is 16.8. The van der Waals surface area contributed by atoms with E-state index in [4.69, 9.17) is 0 Å². The third-order valence-electron chi connectivity index (χ3n) is 3.66. The predicted octanol–water partition coefficient (Wildman–Crippen LogP) is 1.34. The van der Waals surface area contributed by atoms with E-state index in [1.807, 2.05) is 18.7 Å². The van der Waals surface area contributed by atoms with E-state index < -0.39 is 10.0 Å². The minimum Gasteiger partial charge on any atom is -0.311 e. The molecule has 6 nitrogen and oxygen atoms in total. The van der Waals surface area contributed by atoms with Crippen LogP contribution < -0.4 is 5.32 Å². The van der Waals surface area contributed by atoms with Crippen molar-refractivity contribution in [2.45, 2.75) is 43.9 Å². The number of sulfonamides is 1. The van der Waals surface area contributed by atoms with Gasteiger partial charge in [0.05, 0.1) is 11.4 Å². The molecule has 2 heterocycles. The van der Waals surface area contributed by atoms with Gasteiger partial charge in [-0.15, -0.1) is 0 Å². The molecule has 0 amide bonds. The summed E-state index contributed by atoms with van der Waals surface area (Å²) in [6.07, 6.45) is 0.991. The lowest BCUT2D eigenvalue weighted by Gasteiger charge is -2.31. The summed E-state index contributed by atoms with van der Waals surface area (Å²) in [7, 11) is -3.47. The summed E-state index contributed by atoms with van der Waals surface area (Å²) in [5, 5.41) is 10.5. The van der Waals surface area contributed by atoms with Crippen LogP contribution in [0.4, 0.5) is 0 Å². The number of nitrogens with zero attached hydrogens (tertiary/aromatic N) is 2. The fourth-order valence-electron chi connectivity index (χ4n) is 2.46.